The monoisotopic (exact) mass is 234 g/mol. The van der Waals surface area contributed by atoms with E-state index < -0.39 is 0 Å². The Hall–Kier alpha value is -2.06. The molecule has 17 heavy (non-hydrogen) atoms. The molecule has 5 nitrogen and oxygen atoms in total. The lowest BCUT2D eigenvalue weighted by Crippen LogP contribution is -2.38. The zero-order valence-corrected chi connectivity index (χ0v) is 9.51. The minimum atomic E-state index is -0.334. The fourth-order valence-electron chi connectivity index (χ4n) is 1.19. The van der Waals surface area contributed by atoms with Crippen LogP contribution in [0.25, 0.3) is 0 Å². The van der Waals surface area contributed by atoms with E-state index in [1.807, 2.05) is 6.07 Å². The molecule has 1 rings (SSSR count). The number of aliphatic hydroxyl groups is 1. The Morgan fingerprint density at radius 3 is 2.94 bits per heavy atom. The molecule has 0 unspecified atom stereocenters. The molecule has 0 spiro atoms. The number of benzene rings is 1. The molecule has 1 atom stereocenters. The number of para-hydroxylation sites is 1. The molecule has 2 N–H and O–H groups in total. The summed E-state index contributed by atoms with van der Waals surface area (Å²) in [5, 5.41) is 20.1. The first-order valence-electron chi connectivity index (χ1n) is 5.19. The molecule has 0 aromatic heterocycles. The van der Waals surface area contributed by atoms with Crippen LogP contribution in [0.1, 0.15) is 12.5 Å². The molecule has 0 saturated heterocycles. The number of amides is 1. The number of hydrogen-bond donors (Lipinski definition) is 2. The molecule has 0 aliphatic heterocycles. The highest BCUT2D eigenvalue weighted by Gasteiger charge is 2.08. The van der Waals surface area contributed by atoms with E-state index in [-0.39, 0.29) is 25.2 Å². The van der Waals surface area contributed by atoms with Crippen molar-refractivity contribution in [3.63, 3.8) is 0 Å². The molecule has 1 amide bonds. The molecule has 1 aromatic carbocycles. The van der Waals surface area contributed by atoms with Crippen molar-refractivity contribution < 1.29 is 14.6 Å². The number of ether oxygens (including phenoxy) is 1. The molecule has 0 aliphatic rings. The van der Waals surface area contributed by atoms with Crippen LogP contribution in [0.3, 0.4) is 0 Å². The van der Waals surface area contributed by atoms with E-state index in [1.165, 1.54) is 0 Å². The van der Waals surface area contributed by atoms with Gasteiger partial charge in [0.2, 0.25) is 0 Å². The Balaban J connectivity index is 2.51. The number of nitrogens with one attached hydrogen (secondary N) is 1. The Morgan fingerprint density at radius 2 is 2.29 bits per heavy atom. The van der Waals surface area contributed by atoms with Gasteiger partial charge >= 0.3 is 0 Å². The van der Waals surface area contributed by atoms with Crippen LogP contribution >= 0.6 is 0 Å². The van der Waals surface area contributed by atoms with Gasteiger partial charge in [0.15, 0.2) is 6.61 Å². The van der Waals surface area contributed by atoms with Gasteiger partial charge in [-0.15, -0.1) is 0 Å². The molecule has 90 valence electrons. The first kappa shape index (κ1) is 13.0. The van der Waals surface area contributed by atoms with Gasteiger partial charge in [-0.05, 0) is 19.1 Å². The van der Waals surface area contributed by atoms with Gasteiger partial charge in [-0.3, -0.25) is 4.79 Å². The lowest BCUT2D eigenvalue weighted by atomic mass is 10.2. The van der Waals surface area contributed by atoms with E-state index >= 15 is 0 Å². The summed E-state index contributed by atoms with van der Waals surface area (Å²) in [7, 11) is 0. The summed E-state index contributed by atoms with van der Waals surface area (Å²) in [6, 6.07) is 8.36. The van der Waals surface area contributed by atoms with Crippen molar-refractivity contribution >= 4 is 5.91 Å². The lowest BCUT2D eigenvalue weighted by molar-refractivity contribution is -0.124. The summed E-state index contributed by atoms with van der Waals surface area (Å²) in [5.74, 6) is 0.0427. The number of rotatable bonds is 5. The minimum absolute atomic E-state index is 0.124. The molecule has 0 heterocycles. The van der Waals surface area contributed by atoms with Gasteiger partial charge in [0.1, 0.15) is 11.8 Å². The van der Waals surface area contributed by atoms with Crippen molar-refractivity contribution in [2.45, 2.75) is 13.0 Å². The Bertz CT molecular complexity index is 426. The van der Waals surface area contributed by atoms with Crippen molar-refractivity contribution in [2.75, 3.05) is 13.2 Å². The molecule has 0 aliphatic carbocycles. The molecular formula is C12H14N2O3. The third kappa shape index (κ3) is 4.13. The highest BCUT2D eigenvalue weighted by atomic mass is 16.5. The zero-order valence-electron chi connectivity index (χ0n) is 9.51. The number of aliphatic hydroxyl groups excluding tert-OH is 1. The first-order valence-corrected chi connectivity index (χ1v) is 5.19. The highest BCUT2D eigenvalue weighted by molar-refractivity contribution is 5.77. The van der Waals surface area contributed by atoms with Crippen molar-refractivity contribution in [1.29, 1.82) is 5.26 Å². The number of carbonyl (C=O) groups is 1. The molecule has 1 aromatic rings. The molecule has 0 saturated carbocycles. The van der Waals surface area contributed by atoms with Gasteiger partial charge in [-0.2, -0.15) is 5.26 Å². The van der Waals surface area contributed by atoms with Gasteiger partial charge in [-0.1, -0.05) is 12.1 Å². The molecule has 0 radical (unpaired) electrons. The van der Waals surface area contributed by atoms with Gasteiger partial charge in [0.05, 0.1) is 12.2 Å². The first-order chi connectivity index (χ1) is 8.17. The van der Waals surface area contributed by atoms with Crippen molar-refractivity contribution in [2.24, 2.45) is 0 Å². The average molecular weight is 234 g/mol. The maximum absolute atomic E-state index is 11.4. The fraction of sp³-hybridized carbons (Fsp3) is 0.333. The summed E-state index contributed by atoms with van der Waals surface area (Å²) in [4.78, 5) is 11.4. The predicted molar refractivity (Wildman–Crippen MR) is 61.3 cm³/mol. The maximum atomic E-state index is 11.4. The number of nitriles is 1. The molecule has 0 bridgehead atoms. The fourth-order valence-corrected chi connectivity index (χ4v) is 1.19. The lowest BCUT2D eigenvalue weighted by Gasteiger charge is -2.11. The van der Waals surface area contributed by atoms with Crippen LogP contribution in [0, 0.1) is 11.3 Å². The second-order valence-corrected chi connectivity index (χ2v) is 3.55. The van der Waals surface area contributed by atoms with Crippen LogP contribution in [0.2, 0.25) is 0 Å². The largest absolute Gasteiger partial charge is 0.482 e. The third-order valence-electron chi connectivity index (χ3n) is 2.05. The average Bonchev–Trinajstić information content (AvgIpc) is 2.36. The molecule has 0 fully saturated rings. The van der Waals surface area contributed by atoms with Crippen molar-refractivity contribution in [3.8, 4) is 11.8 Å². The summed E-state index contributed by atoms with van der Waals surface area (Å²) in [5.41, 5.74) is 0.385. The van der Waals surface area contributed by atoms with Crippen LogP contribution in [-0.2, 0) is 4.79 Å². The topological polar surface area (TPSA) is 82.3 Å². The van der Waals surface area contributed by atoms with Crippen molar-refractivity contribution in [1.82, 2.24) is 5.32 Å². The van der Waals surface area contributed by atoms with E-state index in [9.17, 15) is 4.79 Å². The van der Waals surface area contributed by atoms with E-state index in [4.69, 9.17) is 15.1 Å². The summed E-state index contributed by atoms with van der Waals surface area (Å²) < 4.78 is 5.22. The van der Waals surface area contributed by atoms with Crippen LogP contribution in [-0.4, -0.2) is 30.3 Å². The van der Waals surface area contributed by atoms with Crippen LogP contribution in [0.15, 0.2) is 24.3 Å². The predicted octanol–water partition coefficient (Wildman–Crippen LogP) is 0.434. The second kappa shape index (κ2) is 6.51. The smallest absolute Gasteiger partial charge is 0.258 e. The van der Waals surface area contributed by atoms with E-state index in [2.05, 4.69) is 5.32 Å². The van der Waals surface area contributed by atoms with E-state index in [0.717, 1.165) is 0 Å². The molecule has 5 heteroatoms. The van der Waals surface area contributed by atoms with Crippen molar-refractivity contribution in [3.05, 3.63) is 29.8 Å². The molecular weight excluding hydrogens is 220 g/mol. The standard InChI is InChI=1S/C12H14N2O3/c1-9(7-15)14-12(16)8-17-11-5-3-2-4-10(11)6-13/h2-5,9,15H,7-8H2,1H3,(H,14,16)/t9-/m1/s1. The normalized spacial score (nSPS) is 11.4. The summed E-state index contributed by atoms with van der Waals surface area (Å²) >= 11 is 0. The van der Waals surface area contributed by atoms with E-state index in [0.29, 0.717) is 11.3 Å². The van der Waals surface area contributed by atoms with E-state index in [1.54, 1.807) is 31.2 Å². The Kier molecular flexibility index (Phi) is 4.98. The van der Waals surface area contributed by atoms with Gasteiger partial charge < -0.3 is 15.2 Å². The quantitative estimate of drug-likeness (QED) is 0.774. The summed E-state index contributed by atoms with van der Waals surface area (Å²) in [6.45, 7) is 1.38. The van der Waals surface area contributed by atoms with Crippen LogP contribution < -0.4 is 10.1 Å². The maximum Gasteiger partial charge on any atom is 0.258 e. The Morgan fingerprint density at radius 1 is 1.59 bits per heavy atom. The summed E-state index contributed by atoms with van der Waals surface area (Å²) in [6.07, 6.45) is 0. The van der Waals surface area contributed by atoms with Gasteiger partial charge in [0, 0.05) is 6.04 Å². The number of nitrogens with zero attached hydrogens (tertiary/aromatic N) is 1. The minimum Gasteiger partial charge on any atom is -0.482 e. The van der Waals surface area contributed by atoms with Gasteiger partial charge in [-0.25, -0.2) is 0 Å². The second-order valence-electron chi connectivity index (χ2n) is 3.55. The zero-order chi connectivity index (χ0) is 12.7. The highest BCUT2D eigenvalue weighted by Crippen LogP contribution is 2.15. The van der Waals surface area contributed by atoms with Crippen LogP contribution in [0.5, 0.6) is 5.75 Å². The van der Waals surface area contributed by atoms with Crippen LogP contribution in [0.4, 0.5) is 0 Å². The van der Waals surface area contributed by atoms with Gasteiger partial charge in [0.25, 0.3) is 5.91 Å². The number of hydrogen-bond acceptors (Lipinski definition) is 4. The Labute approximate surface area is 99.6 Å². The SMILES string of the molecule is C[C@H](CO)NC(=O)COc1ccccc1C#N. The third-order valence-corrected chi connectivity index (χ3v) is 2.05. The number of carbonyl (C=O) groups excluding carboxylic acids is 1.